The quantitative estimate of drug-likeness (QED) is 0.166. The smallest absolute Gasteiger partial charge is 0.143 e. The normalized spacial score (nSPS) is 11.9. The van der Waals surface area contributed by atoms with E-state index in [0.29, 0.717) is 0 Å². The summed E-state index contributed by atoms with van der Waals surface area (Å²) < 4.78 is 8.86. The van der Waals surface area contributed by atoms with Crippen molar-refractivity contribution in [1.82, 2.24) is 4.57 Å². The Balaban J connectivity index is 1.01. The van der Waals surface area contributed by atoms with Crippen molar-refractivity contribution >= 4 is 76.1 Å². The van der Waals surface area contributed by atoms with Gasteiger partial charge in [-0.2, -0.15) is 0 Å². The van der Waals surface area contributed by atoms with Crippen LogP contribution in [0, 0.1) is 0 Å². The third-order valence-corrected chi connectivity index (χ3v) is 11.8. The summed E-state index contributed by atoms with van der Waals surface area (Å²) in [5, 5.41) is 12.2. The van der Waals surface area contributed by atoms with Crippen LogP contribution in [-0.4, -0.2) is 4.57 Å². The fourth-order valence-electron chi connectivity index (χ4n) is 9.28. The van der Waals surface area contributed by atoms with Crippen LogP contribution in [0.25, 0.3) is 115 Å². The summed E-state index contributed by atoms with van der Waals surface area (Å²) in [7, 11) is 0. The molecule has 0 unspecified atom stereocenters. The van der Waals surface area contributed by atoms with Gasteiger partial charge in [0, 0.05) is 32.8 Å². The first-order chi connectivity index (χ1) is 27.8. The standard InChI is InChI=1S/C54H33NO/c1-2-13-34(14-3-1)52-43-17-4-6-19-45(43)53(46-20-7-5-18-44(46)52)38-26-25-36-32-39(29-27-35(36)31-38)55-49-23-10-8-15-41(49)48-33-37(28-30-50(48)55)40-21-12-22-47-42-16-9-11-24-51(42)56-54(40)47/h1-33H. The number of nitrogens with zero attached hydrogens (tertiary/aromatic N) is 1. The molecule has 0 atom stereocenters. The van der Waals surface area contributed by atoms with Crippen molar-refractivity contribution < 1.29 is 4.42 Å². The van der Waals surface area contributed by atoms with Crippen molar-refractivity contribution in [2.75, 3.05) is 0 Å². The molecule has 260 valence electrons. The third kappa shape index (κ3) is 4.57. The number of benzene rings is 10. The summed E-state index contributed by atoms with van der Waals surface area (Å²) in [6, 6.07) is 72.8. The summed E-state index contributed by atoms with van der Waals surface area (Å²) >= 11 is 0. The second-order valence-corrected chi connectivity index (χ2v) is 14.8. The van der Waals surface area contributed by atoms with Gasteiger partial charge in [-0.3, -0.25) is 0 Å². The van der Waals surface area contributed by atoms with Crippen molar-refractivity contribution in [2.45, 2.75) is 0 Å². The Kier molecular flexibility index (Phi) is 6.66. The predicted octanol–water partition coefficient (Wildman–Crippen LogP) is 15.1. The van der Waals surface area contributed by atoms with Crippen LogP contribution < -0.4 is 0 Å². The zero-order valence-electron chi connectivity index (χ0n) is 30.4. The second-order valence-electron chi connectivity index (χ2n) is 14.8. The molecular weight excluding hydrogens is 679 g/mol. The van der Waals surface area contributed by atoms with Crippen LogP contribution in [0.4, 0.5) is 0 Å². The Morgan fingerprint density at radius 3 is 1.66 bits per heavy atom. The third-order valence-electron chi connectivity index (χ3n) is 11.8. The minimum atomic E-state index is 0.915. The van der Waals surface area contributed by atoms with Gasteiger partial charge >= 0.3 is 0 Å². The van der Waals surface area contributed by atoms with Gasteiger partial charge < -0.3 is 8.98 Å². The highest BCUT2D eigenvalue weighted by atomic mass is 16.3. The van der Waals surface area contributed by atoms with Gasteiger partial charge in [0.15, 0.2) is 0 Å². The molecule has 0 spiro atoms. The Bertz CT molecular complexity index is 3470. The van der Waals surface area contributed by atoms with E-state index in [0.717, 1.165) is 38.8 Å². The molecule has 2 heterocycles. The Hall–Kier alpha value is -7.42. The molecule has 0 radical (unpaired) electrons. The van der Waals surface area contributed by atoms with Gasteiger partial charge in [0.2, 0.25) is 0 Å². The van der Waals surface area contributed by atoms with Gasteiger partial charge in [0.1, 0.15) is 11.2 Å². The van der Waals surface area contributed by atoms with Crippen molar-refractivity contribution in [2.24, 2.45) is 0 Å². The van der Waals surface area contributed by atoms with Gasteiger partial charge in [-0.15, -0.1) is 0 Å². The minimum absolute atomic E-state index is 0.915. The number of para-hydroxylation sites is 3. The number of furan rings is 1. The van der Waals surface area contributed by atoms with Gasteiger partial charge in [0.05, 0.1) is 11.0 Å². The maximum atomic E-state index is 6.45. The average molecular weight is 712 g/mol. The first-order valence-electron chi connectivity index (χ1n) is 19.3. The van der Waals surface area contributed by atoms with E-state index in [-0.39, 0.29) is 0 Å². The zero-order valence-corrected chi connectivity index (χ0v) is 30.4. The van der Waals surface area contributed by atoms with Crippen LogP contribution >= 0.6 is 0 Å². The minimum Gasteiger partial charge on any atom is -0.455 e. The summed E-state index contributed by atoms with van der Waals surface area (Å²) in [5.74, 6) is 0. The lowest BCUT2D eigenvalue weighted by Gasteiger charge is -2.18. The lowest BCUT2D eigenvalue weighted by molar-refractivity contribution is 0.670. The molecule has 0 aliphatic rings. The van der Waals surface area contributed by atoms with Crippen LogP contribution in [0.15, 0.2) is 205 Å². The Morgan fingerprint density at radius 1 is 0.321 bits per heavy atom. The maximum Gasteiger partial charge on any atom is 0.143 e. The molecule has 0 fully saturated rings. The maximum absolute atomic E-state index is 6.45. The highest BCUT2D eigenvalue weighted by Crippen LogP contribution is 2.45. The molecule has 2 heteroatoms. The van der Waals surface area contributed by atoms with Crippen LogP contribution in [0.1, 0.15) is 0 Å². The Labute approximate surface area is 323 Å². The summed E-state index contributed by atoms with van der Waals surface area (Å²) in [5.41, 5.74) is 12.6. The van der Waals surface area contributed by atoms with Crippen LogP contribution in [0.3, 0.4) is 0 Å². The van der Waals surface area contributed by atoms with Gasteiger partial charge in [-0.05, 0) is 103 Å². The van der Waals surface area contributed by atoms with Crippen LogP contribution in [0.2, 0.25) is 0 Å². The molecular formula is C54H33NO. The van der Waals surface area contributed by atoms with E-state index in [9.17, 15) is 0 Å². The molecule has 56 heavy (non-hydrogen) atoms. The highest BCUT2D eigenvalue weighted by molar-refractivity contribution is 6.22. The molecule has 0 N–H and O–H groups in total. The van der Waals surface area contributed by atoms with E-state index in [2.05, 4.69) is 193 Å². The Morgan fingerprint density at radius 2 is 0.893 bits per heavy atom. The predicted molar refractivity (Wildman–Crippen MR) is 237 cm³/mol. The van der Waals surface area contributed by atoms with Crippen LogP contribution in [0.5, 0.6) is 0 Å². The van der Waals surface area contributed by atoms with Gasteiger partial charge in [0.25, 0.3) is 0 Å². The number of rotatable bonds is 4. The molecule has 12 rings (SSSR count). The molecule has 0 saturated carbocycles. The largest absolute Gasteiger partial charge is 0.455 e. The summed E-state index contributed by atoms with van der Waals surface area (Å²) in [6.07, 6.45) is 0. The lowest BCUT2D eigenvalue weighted by atomic mass is 9.85. The highest BCUT2D eigenvalue weighted by Gasteiger charge is 2.19. The molecule has 0 bridgehead atoms. The van der Waals surface area contributed by atoms with Crippen LogP contribution in [-0.2, 0) is 0 Å². The first-order valence-corrected chi connectivity index (χ1v) is 19.3. The average Bonchev–Trinajstić information content (AvgIpc) is 3.81. The molecule has 2 nitrogen and oxygen atoms in total. The molecule has 0 aliphatic carbocycles. The molecule has 12 aromatic rings. The van der Waals surface area contributed by atoms with E-state index >= 15 is 0 Å². The summed E-state index contributed by atoms with van der Waals surface area (Å²) in [6.45, 7) is 0. The van der Waals surface area contributed by atoms with E-state index in [1.165, 1.54) is 76.4 Å². The van der Waals surface area contributed by atoms with Crippen molar-refractivity contribution in [3.8, 4) is 39.1 Å². The van der Waals surface area contributed by atoms with E-state index in [4.69, 9.17) is 4.42 Å². The van der Waals surface area contributed by atoms with Crippen molar-refractivity contribution in [1.29, 1.82) is 0 Å². The van der Waals surface area contributed by atoms with E-state index in [1.807, 2.05) is 12.1 Å². The fraction of sp³-hybridized carbons (Fsp3) is 0. The number of fused-ring (bicyclic) bond motifs is 9. The molecule has 0 amide bonds. The number of aromatic nitrogens is 1. The first kappa shape index (κ1) is 31.0. The number of hydrogen-bond donors (Lipinski definition) is 0. The van der Waals surface area contributed by atoms with Crippen molar-refractivity contribution in [3.05, 3.63) is 200 Å². The molecule has 2 aromatic heterocycles. The van der Waals surface area contributed by atoms with Crippen molar-refractivity contribution in [3.63, 3.8) is 0 Å². The second kappa shape index (κ2) is 12.0. The topological polar surface area (TPSA) is 18.1 Å². The summed E-state index contributed by atoms with van der Waals surface area (Å²) in [4.78, 5) is 0. The SMILES string of the molecule is c1ccc(-c2c3ccccc3c(-c3ccc4cc(-n5c6ccccc6c6cc(-c7cccc8c7oc7ccccc78)ccc65)ccc4c3)c3ccccc23)cc1. The lowest BCUT2D eigenvalue weighted by Crippen LogP contribution is -1.94. The zero-order chi connectivity index (χ0) is 36.7. The molecule has 10 aromatic carbocycles. The van der Waals surface area contributed by atoms with Gasteiger partial charge in [-0.25, -0.2) is 0 Å². The van der Waals surface area contributed by atoms with Gasteiger partial charge in [-0.1, -0.05) is 158 Å². The monoisotopic (exact) mass is 711 g/mol. The van der Waals surface area contributed by atoms with E-state index < -0.39 is 0 Å². The van der Waals surface area contributed by atoms with E-state index in [1.54, 1.807) is 0 Å². The molecule has 0 aliphatic heterocycles. The molecule has 0 saturated heterocycles. The fourth-order valence-corrected chi connectivity index (χ4v) is 9.28. The number of hydrogen-bond acceptors (Lipinski definition) is 1.